The fraction of sp³-hybridized carbons (Fsp3) is 0.286. The van der Waals surface area contributed by atoms with Gasteiger partial charge in [-0.1, -0.05) is 67.6 Å². The molecule has 5 atom stereocenters. The molecule has 4 aromatic rings. The zero-order chi connectivity index (χ0) is 29.0. The molecule has 1 aromatic heterocycles. The second kappa shape index (κ2) is 10.3. The molecule has 0 N–H and O–H groups in total. The number of Topliss-reactive ketones (excluding diaryl/α,β-unsaturated/α-hetero) is 1. The van der Waals surface area contributed by atoms with Crippen LogP contribution in [-0.4, -0.2) is 34.7 Å². The third kappa shape index (κ3) is 4.23. The van der Waals surface area contributed by atoms with E-state index >= 15 is 0 Å². The molecule has 2 bridgehead atoms. The molecule has 42 heavy (non-hydrogen) atoms. The predicted molar refractivity (Wildman–Crippen MR) is 158 cm³/mol. The highest BCUT2D eigenvalue weighted by molar-refractivity contribution is 6.22. The number of imide groups is 1. The summed E-state index contributed by atoms with van der Waals surface area (Å²) in [5, 5.41) is 0.624. The third-order valence-electron chi connectivity index (χ3n) is 9.26. The molecule has 1 saturated heterocycles. The van der Waals surface area contributed by atoms with Crippen LogP contribution in [0.15, 0.2) is 84.9 Å². The van der Waals surface area contributed by atoms with E-state index in [2.05, 4.69) is 0 Å². The van der Waals surface area contributed by atoms with E-state index in [9.17, 15) is 19.2 Å². The Morgan fingerprint density at radius 3 is 2.19 bits per heavy atom. The number of carbonyl (C=O) groups is 4. The third-order valence-corrected chi connectivity index (χ3v) is 9.26. The molecule has 3 aromatic carbocycles. The lowest BCUT2D eigenvalue weighted by Gasteiger charge is -2.19. The van der Waals surface area contributed by atoms with Gasteiger partial charge in [-0.2, -0.15) is 0 Å². The second-order valence-corrected chi connectivity index (χ2v) is 11.5. The highest BCUT2D eigenvalue weighted by Crippen LogP contribution is 2.56. The van der Waals surface area contributed by atoms with Crippen molar-refractivity contribution in [3.8, 4) is 11.3 Å². The Labute approximate surface area is 243 Å². The van der Waals surface area contributed by atoms with Crippen LogP contribution in [0, 0.1) is 23.7 Å². The van der Waals surface area contributed by atoms with Crippen molar-refractivity contribution in [1.82, 2.24) is 4.98 Å². The first-order chi connectivity index (χ1) is 20.4. The van der Waals surface area contributed by atoms with Gasteiger partial charge in [-0.25, -0.2) is 9.78 Å². The number of hydrogen-bond acceptors (Lipinski definition) is 6. The van der Waals surface area contributed by atoms with Crippen LogP contribution in [-0.2, 0) is 14.3 Å². The molecule has 2 heterocycles. The van der Waals surface area contributed by atoms with Crippen molar-refractivity contribution in [3.05, 3.63) is 96.1 Å². The number of rotatable bonds is 7. The lowest BCUT2D eigenvalue weighted by molar-refractivity contribution is -0.123. The monoisotopic (exact) mass is 558 g/mol. The number of nitrogens with zero attached hydrogens (tertiary/aromatic N) is 2. The van der Waals surface area contributed by atoms with Crippen molar-refractivity contribution < 1.29 is 23.9 Å². The zero-order valence-electron chi connectivity index (χ0n) is 23.2. The van der Waals surface area contributed by atoms with Crippen LogP contribution >= 0.6 is 0 Å². The molecule has 0 radical (unpaired) electrons. The summed E-state index contributed by atoms with van der Waals surface area (Å²) in [6.07, 6.45) is 2.50. The number of anilines is 1. The molecule has 3 aliphatic rings. The molecule has 7 nitrogen and oxygen atoms in total. The van der Waals surface area contributed by atoms with E-state index in [0.717, 1.165) is 24.8 Å². The molecule has 0 spiro atoms. The summed E-state index contributed by atoms with van der Waals surface area (Å²) < 4.78 is 5.77. The summed E-state index contributed by atoms with van der Waals surface area (Å²) in [7, 11) is 0. The van der Waals surface area contributed by atoms with Crippen LogP contribution < -0.4 is 4.90 Å². The van der Waals surface area contributed by atoms with E-state index in [1.165, 1.54) is 4.90 Å². The van der Waals surface area contributed by atoms with Crippen LogP contribution in [0.1, 0.15) is 53.3 Å². The van der Waals surface area contributed by atoms with E-state index in [4.69, 9.17) is 9.72 Å². The zero-order valence-corrected chi connectivity index (χ0v) is 23.2. The van der Waals surface area contributed by atoms with E-state index in [1.54, 1.807) is 48.5 Å². The Bertz CT molecular complexity index is 1700. The minimum Gasteiger partial charge on any atom is -0.450 e. The maximum atomic E-state index is 13.5. The number of esters is 1. The largest absolute Gasteiger partial charge is 0.450 e. The van der Waals surface area contributed by atoms with Gasteiger partial charge in [-0.15, -0.1) is 0 Å². The molecule has 7 rings (SSSR count). The van der Waals surface area contributed by atoms with Crippen LogP contribution in [0.3, 0.4) is 0 Å². The molecular weight excluding hydrogens is 528 g/mol. The van der Waals surface area contributed by atoms with Gasteiger partial charge >= 0.3 is 5.97 Å². The van der Waals surface area contributed by atoms with E-state index < -0.39 is 12.1 Å². The minimum absolute atomic E-state index is 0.0747. The summed E-state index contributed by atoms with van der Waals surface area (Å²) >= 11 is 0. The van der Waals surface area contributed by atoms with Gasteiger partial charge in [-0.05, 0) is 61.8 Å². The standard InChI is InChI=1S/C35H30N2O5/c1-2-29(32(38)21-8-4-3-5-9-21)42-35(41)26-19-28(36-27-11-7-6-10-25(26)27)20-14-16-24(17-15-20)37-33(39)30-22-12-13-23(18-22)31(30)34(37)40/h3-11,14-17,19,22-23,29-31H,2,12-13,18H2,1H3. The number of benzene rings is 3. The van der Waals surface area contributed by atoms with Crippen LogP contribution in [0.4, 0.5) is 5.69 Å². The van der Waals surface area contributed by atoms with Gasteiger partial charge in [0.1, 0.15) is 0 Å². The van der Waals surface area contributed by atoms with Crippen LogP contribution in [0.2, 0.25) is 0 Å². The average molecular weight is 559 g/mol. The van der Waals surface area contributed by atoms with Gasteiger partial charge < -0.3 is 4.74 Å². The summed E-state index contributed by atoms with van der Waals surface area (Å²) in [6, 6.07) is 25.0. The number of ketones is 1. The highest BCUT2D eigenvalue weighted by Gasteiger charge is 2.61. The number of hydrogen-bond donors (Lipinski definition) is 0. The fourth-order valence-corrected chi connectivity index (χ4v) is 7.24. The summed E-state index contributed by atoms with van der Waals surface area (Å²) in [4.78, 5) is 59.3. The molecule has 1 aliphatic heterocycles. The lowest BCUT2D eigenvalue weighted by Crippen LogP contribution is -2.32. The number of aromatic nitrogens is 1. The van der Waals surface area contributed by atoms with Crippen molar-refractivity contribution in [2.45, 2.75) is 38.7 Å². The van der Waals surface area contributed by atoms with E-state index in [0.29, 0.717) is 51.7 Å². The van der Waals surface area contributed by atoms with Gasteiger partial charge in [-0.3, -0.25) is 19.3 Å². The lowest BCUT2D eigenvalue weighted by atomic mass is 9.81. The maximum Gasteiger partial charge on any atom is 0.339 e. The Hall–Kier alpha value is -4.65. The molecule has 2 saturated carbocycles. The Morgan fingerprint density at radius 1 is 0.881 bits per heavy atom. The first-order valence-electron chi connectivity index (χ1n) is 14.6. The van der Waals surface area contributed by atoms with Gasteiger partial charge in [0.05, 0.1) is 34.3 Å². The van der Waals surface area contributed by atoms with Crippen molar-refractivity contribution in [3.63, 3.8) is 0 Å². The van der Waals surface area contributed by atoms with Gasteiger partial charge in [0, 0.05) is 16.5 Å². The predicted octanol–water partition coefficient (Wildman–Crippen LogP) is 6.26. The Kier molecular flexibility index (Phi) is 6.45. The van der Waals surface area contributed by atoms with Crippen molar-refractivity contribution in [2.24, 2.45) is 23.7 Å². The second-order valence-electron chi connectivity index (χ2n) is 11.5. The Morgan fingerprint density at radius 2 is 1.52 bits per heavy atom. The number of pyridine rings is 1. The number of ether oxygens (including phenoxy) is 1. The van der Waals surface area contributed by atoms with E-state index in [-0.39, 0.29) is 29.4 Å². The molecule has 3 fully saturated rings. The highest BCUT2D eigenvalue weighted by atomic mass is 16.5. The Balaban J connectivity index is 1.18. The topological polar surface area (TPSA) is 93.6 Å². The summed E-state index contributed by atoms with van der Waals surface area (Å²) in [5.41, 5.74) is 3.25. The normalized spacial score (nSPS) is 23.3. The van der Waals surface area contributed by atoms with Gasteiger partial charge in [0.25, 0.3) is 0 Å². The summed E-state index contributed by atoms with van der Waals surface area (Å²) in [5.74, 6) is -0.684. The van der Waals surface area contributed by atoms with Gasteiger partial charge in [0.2, 0.25) is 17.6 Å². The molecule has 2 amide bonds. The van der Waals surface area contributed by atoms with Crippen molar-refractivity contribution >= 4 is 40.2 Å². The number of fused-ring (bicyclic) bond motifs is 6. The maximum absolute atomic E-state index is 13.5. The molecule has 7 heteroatoms. The molecular formula is C35H30N2O5. The molecule has 5 unspecified atom stereocenters. The first-order valence-corrected chi connectivity index (χ1v) is 14.6. The van der Waals surface area contributed by atoms with Crippen molar-refractivity contribution in [1.29, 1.82) is 0 Å². The quantitative estimate of drug-likeness (QED) is 0.151. The van der Waals surface area contributed by atoms with Gasteiger partial charge in [0.15, 0.2) is 6.10 Å². The number of carbonyl (C=O) groups excluding carboxylic acids is 4. The van der Waals surface area contributed by atoms with E-state index in [1.807, 2.05) is 43.3 Å². The SMILES string of the molecule is CCC(OC(=O)c1cc(-c2ccc(N3C(=O)C4C5CCC(C5)C4C3=O)cc2)nc2ccccc12)C(=O)c1ccccc1. The van der Waals surface area contributed by atoms with Crippen LogP contribution in [0.25, 0.3) is 22.2 Å². The average Bonchev–Trinajstić information content (AvgIpc) is 3.72. The smallest absolute Gasteiger partial charge is 0.339 e. The molecule has 210 valence electrons. The minimum atomic E-state index is -0.917. The molecule has 2 aliphatic carbocycles. The van der Waals surface area contributed by atoms with Crippen molar-refractivity contribution in [2.75, 3.05) is 4.90 Å². The first kappa shape index (κ1) is 26.3. The summed E-state index contributed by atoms with van der Waals surface area (Å²) in [6.45, 7) is 1.81. The number of amides is 2. The number of para-hydroxylation sites is 1. The van der Waals surface area contributed by atoms with Crippen LogP contribution in [0.5, 0.6) is 0 Å². The fourth-order valence-electron chi connectivity index (χ4n) is 7.24.